The van der Waals surface area contributed by atoms with E-state index in [0.717, 1.165) is 23.4 Å². The molecule has 0 radical (unpaired) electrons. The van der Waals surface area contributed by atoms with Gasteiger partial charge >= 0.3 is 0 Å². The molecule has 3 heteroatoms. The summed E-state index contributed by atoms with van der Waals surface area (Å²) in [5, 5.41) is 5.86. The molecule has 0 amide bonds. The van der Waals surface area contributed by atoms with E-state index in [2.05, 4.69) is 76.4 Å². The van der Waals surface area contributed by atoms with Crippen LogP contribution in [0.5, 0.6) is 5.75 Å². The van der Waals surface area contributed by atoms with Gasteiger partial charge in [-0.05, 0) is 63.9 Å². The van der Waals surface area contributed by atoms with Crippen LogP contribution in [0.2, 0.25) is 0 Å². The lowest BCUT2D eigenvalue weighted by molar-refractivity contribution is 0.419. The van der Waals surface area contributed by atoms with Crippen molar-refractivity contribution in [3.63, 3.8) is 0 Å². The fraction of sp³-hybridized carbons (Fsp3) is 0.111. The second-order valence-electron chi connectivity index (χ2n) is 4.83. The molecule has 0 aliphatic heterocycles. The molecule has 0 atom stereocenters. The first-order valence-electron chi connectivity index (χ1n) is 6.82. The number of anilines is 1. The van der Waals surface area contributed by atoms with Crippen LogP contribution in [0, 0.1) is 3.57 Å². The Balaban J connectivity index is 1.89. The Morgan fingerprint density at radius 2 is 1.62 bits per heavy atom. The van der Waals surface area contributed by atoms with Gasteiger partial charge in [-0.1, -0.05) is 30.3 Å². The SMILES string of the molecule is COc1ccc(CNc2ccc(I)cc2)c2ccccc12. The molecule has 0 fully saturated rings. The third-order valence-corrected chi connectivity index (χ3v) is 4.24. The van der Waals surface area contributed by atoms with Gasteiger partial charge in [0.05, 0.1) is 7.11 Å². The highest BCUT2D eigenvalue weighted by atomic mass is 127. The van der Waals surface area contributed by atoms with Crippen LogP contribution in [0.3, 0.4) is 0 Å². The Kier molecular flexibility index (Phi) is 4.29. The summed E-state index contributed by atoms with van der Waals surface area (Å²) in [5.74, 6) is 0.920. The Bertz CT molecular complexity index is 753. The van der Waals surface area contributed by atoms with E-state index < -0.39 is 0 Å². The van der Waals surface area contributed by atoms with Gasteiger partial charge in [-0.25, -0.2) is 0 Å². The zero-order valence-electron chi connectivity index (χ0n) is 11.8. The molecule has 1 N–H and O–H groups in total. The smallest absolute Gasteiger partial charge is 0.126 e. The van der Waals surface area contributed by atoms with Crippen molar-refractivity contribution in [2.45, 2.75) is 6.54 Å². The van der Waals surface area contributed by atoms with Crippen molar-refractivity contribution in [1.29, 1.82) is 0 Å². The minimum Gasteiger partial charge on any atom is -0.496 e. The summed E-state index contributed by atoms with van der Waals surface area (Å²) in [6, 6.07) is 20.9. The van der Waals surface area contributed by atoms with E-state index in [-0.39, 0.29) is 0 Å². The lowest BCUT2D eigenvalue weighted by Crippen LogP contribution is -2.00. The lowest BCUT2D eigenvalue weighted by Gasteiger charge is -2.12. The second kappa shape index (κ2) is 6.35. The Labute approximate surface area is 138 Å². The maximum absolute atomic E-state index is 5.44. The van der Waals surface area contributed by atoms with Gasteiger partial charge in [-0.15, -0.1) is 0 Å². The first-order valence-corrected chi connectivity index (χ1v) is 7.90. The molecule has 21 heavy (non-hydrogen) atoms. The number of nitrogens with one attached hydrogen (secondary N) is 1. The average molecular weight is 389 g/mol. The van der Waals surface area contributed by atoms with E-state index in [0.29, 0.717) is 0 Å². The summed E-state index contributed by atoms with van der Waals surface area (Å²) in [6.07, 6.45) is 0. The molecule has 0 saturated carbocycles. The highest BCUT2D eigenvalue weighted by molar-refractivity contribution is 14.1. The third-order valence-electron chi connectivity index (χ3n) is 3.52. The Hall–Kier alpha value is -1.75. The largest absolute Gasteiger partial charge is 0.496 e. The molecular formula is C18H16INO. The third kappa shape index (κ3) is 3.13. The van der Waals surface area contributed by atoms with Crippen LogP contribution in [0.1, 0.15) is 5.56 Å². The molecular weight excluding hydrogens is 373 g/mol. The summed E-state index contributed by atoms with van der Waals surface area (Å²) in [4.78, 5) is 0. The van der Waals surface area contributed by atoms with Crippen molar-refractivity contribution < 1.29 is 4.74 Å². The highest BCUT2D eigenvalue weighted by Gasteiger charge is 2.05. The van der Waals surface area contributed by atoms with E-state index in [1.54, 1.807) is 7.11 Å². The highest BCUT2D eigenvalue weighted by Crippen LogP contribution is 2.28. The molecule has 0 saturated heterocycles. The number of methoxy groups -OCH3 is 1. The molecule has 106 valence electrons. The fourth-order valence-electron chi connectivity index (χ4n) is 2.43. The number of rotatable bonds is 4. The number of hydrogen-bond acceptors (Lipinski definition) is 2. The molecule has 0 heterocycles. The summed E-state index contributed by atoms with van der Waals surface area (Å²) >= 11 is 2.31. The van der Waals surface area contributed by atoms with E-state index in [1.165, 1.54) is 14.5 Å². The Morgan fingerprint density at radius 1 is 0.905 bits per heavy atom. The van der Waals surface area contributed by atoms with E-state index in [1.807, 2.05) is 12.1 Å². The second-order valence-corrected chi connectivity index (χ2v) is 6.08. The van der Waals surface area contributed by atoms with Gasteiger partial charge in [0.1, 0.15) is 5.75 Å². The molecule has 3 rings (SSSR count). The minimum absolute atomic E-state index is 0.797. The summed E-state index contributed by atoms with van der Waals surface area (Å²) in [6.45, 7) is 0.797. The normalized spacial score (nSPS) is 10.6. The molecule has 0 aliphatic rings. The number of benzene rings is 3. The minimum atomic E-state index is 0.797. The maximum atomic E-state index is 5.44. The van der Waals surface area contributed by atoms with E-state index >= 15 is 0 Å². The van der Waals surface area contributed by atoms with Crippen LogP contribution in [0.15, 0.2) is 60.7 Å². The first kappa shape index (κ1) is 14.2. The molecule has 0 spiro atoms. The van der Waals surface area contributed by atoms with Gasteiger partial charge in [-0.3, -0.25) is 0 Å². The standard InChI is InChI=1S/C18H16INO/c1-21-18-11-6-13(16-4-2-3-5-17(16)18)12-20-15-9-7-14(19)8-10-15/h2-11,20H,12H2,1H3. The quantitative estimate of drug-likeness (QED) is 0.630. The van der Waals surface area contributed by atoms with Gasteiger partial charge in [0.25, 0.3) is 0 Å². The van der Waals surface area contributed by atoms with Crippen molar-refractivity contribution >= 4 is 39.1 Å². The van der Waals surface area contributed by atoms with Gasteiger partial charge in [0.15, 0.2) is 0 Å². The van der Waals surface area contributed by atoms with Gasteiger partial charge in [0, 0.05) is 21.2 Å². The molecule has 0 bridgehead atoms. The van der Waals surface area contributed by atoms with Crippen LogP contribution in [-0.2, 0) is 6.54 Å². The lowest BCUT2D eigenvalue weighted by atomic mass is 10.0. The monoisotopic (exact) mass is 389 g/mol. The van der Waals surface area contributed by atoms with E-state index in [4.69, 9.17) is 4.74 Å². The molecule has 0 unspecified atom stereocenters. The van der Waals surface area contributed by atoms with Gasteiger partial charge in [0.2, 0.25) is 0 Å². The first-order chi connectivity index (χ1) is 10.3. The van der Waals surface area contributed by atoms with Crippen molar-refractivity contribution in [2.24, 2.45) is 0 Å². The van der Waals surface area contributed by atoms with Crippen molar-refractivity contribution in [3.05, 3.63) is 69.8 Å². The van der Waals surface area contributed by atoms with Crippen LogP contribution < -0.4 is 10.1 Å². The molecule has 0 aromatic heterocycles. The molecule has 3 aromatic rings. The van der Waals surface area contributed by atoms with E-state index in [9.17, 15) is 0 Å². The average Bonchev–Trinajstić information content (AvgIpc) is 2.54. The summed E-state index contributed by atoms with van der Waals surface area (Å²) < 4.78 is 6.68. The molecule has 0 aliphatic carbocycles. The topological polar surface area (TPSA) is 21.3 Å². The number of fused-ring (bicyclic) bond motifs is 1. The van der Waals surface area contributed by atoms with Crippen molar-refractivity contribution in [2.75, 3.05) is 12.4 Å². The maximum Gasteiger partial charge on any atom is 0.126 e. The van der Waals surface area contributed by atoms with Crippen LogP contribution in [0.4, 0.5) is 5.69 Å². The molecule has 3 aromatic carbocycles. The van der Waals surface area contributed by atoms with Gasteiger partial charge < -0.3 is 10.1 Å². The van der Waals surface area contributed by atoms with Crippen molar-refractivity contribution in [3.8, 4) is 5.75 Å². The predicted molar refractivity (Wildman–Crippen MR) is 97.0 cm³/mol. The van der Waals surface area contributed by atoms with Crippen LogP contribution in [-0.4, -0.2) is 7.11 Å². The number of halogens is 1. The fourth-order valence-corrected chi connectivity index (χ4v) is 2.79. The van der Waals surface area contributed by atoms with Crippen molar-refractivity contribution in [1.82, 2.24) is 0 Å². The van der Waals surface area contributed by atoms with Gasteiger partial charge in [-0.2, -0.15) is 0 Å². The zero-order valence-corrected chi connectivity index (χ0v) is 13.9. The summed E-state index contributed by atoms with van der Waals surface area (Å²) in [5.41, 5.74) is 2.40. The number of hydrogen-bond donors (Lipinski definition) is 1. The number of ether oxygens (including phenoxy) is 1. The zero-order chi connectivity index (χ0) is 14.7. The Morgan fingerprint density at radius 3 is 2.33 bits per heavy atom. The predicted octanol–water partition coefficient (Wildman–Crippen LogP) is 5.07. The molecule has 2 nitrogen and oxygen atoms in total. The van der Waals surface area contributed by atoms with Crippen LogP contribution >= 0.6 is 22.6 Å². The van der Waals surface area contributed by atoms with Crippen LogP contribution in [0.25, 0.3) is 10.8 Å². The summed E-state index contributed by atoms with van der Waals surface area (Å²) in [7, 11) is 1.71.